The van der Waals surface area contributed by atoms with Crippen molar-refractivity contribution >= 4 is 28.4 Å². The number of aliphatic imine (C=N–C) groups is 1. The molecule has 0 aliphatic carbocycles. The summed E-state index contributed by atoms with van der Waals surface area (Å²) in [6, 6.07) is 15.0. The second-order valence-electron chi connectivity index (χ2n) is 7.66. The lowest BCUT2D eigenvalue weighted by atomic mass is 9.84. The summed E-state index contributed by atoms with van der Waals surface area (Å²) >= 11 is 1.35. The molecule has 3 heterocycles. The van der Waals surface area contributed by atoms with E-state index in [2.05, 4.69) is 34.2 Å². The summed E-state index contributed by atoms with van der Waals surface area (Å²) < 4.78 is 20.4. The Balaban J connectivity index is 1.33. The highest BCUT2D eigenvalue weighted by molar-refractivity contribution is 8.18. The van der Waals surface area contributed by atoms with Gasteiger partial charge in [-0.2, -0.15) is 4.99 Å². The van der Waals surface area contributed by atoms with Gasteiger partial charge in [-0.3, -0.25) is 4.79 Å². The number of nitrogens with zero attached hydrogens (tertiary/aromatic N) is 2. The van der Waals surface area contributed by atoms with Gasteiger partial charge in [-0.05, 0) is 54.3 Å². The molecule has 1 fully saturated rings. The van der Waals surface area contributed by atoms with Crippen LogP contribution in [0.2, 0.25) is 0 Å². The van der Waals surface area contributed by atoms with Crippen LogP contribution in [-0.4, -0.2) is 29.1 Å². The molecular formula is C23H21FN2O2S. The Morgan fingerprint density at radius 1 is 1.14 bits per heavy atom. The minimum atomic E-state index is -0.323. The number of ether oxygens (including phenoxy) is 1. The Morgan fingerprint density at radius 3 is 2.66 bits per heavy atom. The number of benzene rings is 2. The molecule has 1 spiro atoms. The van der Waals surface area contributed by atoms with Crippen molar-refractivity contribution in [3.63, 3.8) is 0 Å². The lowest BCUT2D eigenvalue weighted by Crippen LogP contribution is -2.44. The standard InChI is InChI=1S/C23H21FN2O2S/c1-15(17-7-3-5-9-19(17)24)20-21(27)25-22(29-20)26-12-10-23(11-13-26)18-8-4-2-6-16(18)14-28-23/h2-9H,10-14H2,1H3. The number of carbonyl (C=O) groups excluding carboxylic acids is 1. The van der Waals surface area contributed by atoms with Crippen molar-refractivity contribution in [1.82, 2.24) is 4.90 Å². The number of hydrogen-bond acceptors (Lipinski definition) is 4. The number of amides is 1. The van der Waals surface area contributed by atoms with Gasteiger partial charge in [-0.15, -0.1) is 0 Å². The molecule has 5 rings (SSSR count). The van der Waals surface area contributed by atoms with E-state index in [-0.39, 0.29) is 17.3 Å². The van der Waals surface area contributed by atoms with Crippen LogP contribution in [-0.2, 0) is 21.7 Å². The van der Waals surface area contributed by atoms with Gasteiger partial charge in [0.1, 0.15) is 5.82 Å². The van der Waals surface area contributed by atoms with Crippen LogP contribution in [0.3, 0.4) is 0 Å². The first-order valence-electron chi connectivity index (χ1n) is 9.81. The van der Waals surface area contributed by atoms with Crippen LogP contribution in [0, 0.1) is 5.82 Å². The van der Waals surface area contributed by atoms with Gasteiger partial charge >= 0.3 is 0 Å². The summed E-state index contributed by atoms with van der Waals surface area (Å²) in [4.78, 5) is 19.5. The Morgan fingerprint density at radius 2 is 1.86 bits per heavy atom. The zero-order valence-electron chi connectivity index (χ0n) is 16.2. The number of likely N-dealkylation sites (tertiary alicyclic amines) is 1. The van der Waals surface area contributed by atoms with Crippen LogP contribution < -0.4 is 0 Å². The van der Waals surface area contributed by atoms with E-state index in [9.17, 15) is 9.18 Å². The second kappa shape index (κ2) is 7.11. The quantitative estimate of drug-likeness (QED) is 0.641. The molecule has 0 aromatic heterocycles. The fourth-order valence-corrected chi connectivity index (χ4v) is 5.43. The predicted molar refractivity (Wildman–Crippen MR) is 113 cm³/mol. The normalized spacial score (nSPS) is 22.1. The summed E-state index contributed by atoms with van der Waals surface area (Å²) in [6.45, 7) is 4.00. The van der Waals surface area contributed by atoms with E-state index in [0.29, 0.717) is 27.8 Å². The molecule has 4 nitrogen and oxygen atoms in total. The average molecular weight is 408 g/mol. The summed E-state index contributed by atoms with van der Waals surface area (Å²) in [5, 5.41) is 0.710. The number of amidine groups is 1. The molecule has 2 aromatic rings. The lowest BCUT2D eigenvalue weighted by molar-refractivity contribution is -0.113. The first-order valence-corrected chi connectivity index (χ1v) is 10.6. The molecule has 0 atom stereocenters. The SMILES string of the molecule is CC(=C1SC(N2CCC3(CC2)OCc2ccccc23)=NC1=O)c1ccccc1F. The number of carbonyl (C=O) groups is 1. The van der Waals surface area contributed by atoms with E-state index in [1.807, 2.05) is 0 Å². The molecular weight excluding hydrogens is 387 g/mol. The molecule has 148 valence electrons. The number of rotatable bonds is 1. The van der Waals surface area contributed by atoms with E-state index in [4.69, 9.17) is 4.74 Å². The van der Waals surface area contributed by atoms with Crippen LogP contribution in [0.15, 0.2) is 58.4 Å². The maximum absolute atomic E-state index is 14.1. The molecule has 0 bridgehead atoms. The molecule has 6 heteroatoms. The van der Waals surface area contributed by atoms with Gasteiger partial charge in [0.2, 0.25) is 0 Å². The first-order chi connectivity index (χ1) is 14.1. The highest BCUT2D eigenvalue weighted by atomic mass is 32.2. The van der Waals surface area contributed by atoms with Crippen LogP contribution in [0.4, 0.5) is 4.39 Å². The summed E-state index contributed by atoms with van der Waals surface area (Å²) in [5.41, 5.74) is 3.44. The second-order valence-corrected chi connectivity index (χ2v) is 8.64. The van der Waals surface area contributed by atoms with Gasteiger partial charge in [0, 0.05) is 18.7 Å². The fraction of sp³-hybridized carbons (Fsp3) is 0.304. The molecule has 3 aliphatic heterocycles. The number of allylic oxidation sites excluding steroid dienone is 1. The molecule has 1 amide bonds. The number of halogens is 1. The van der Waals surface area contributed by atoms with Crippen molar-refractivity contribution in [3.05, 3.63) is 75.9 Å². The summed E-state index contributed by atoms with van der Waals surface area (Å²) in [5.74, 6) is -0.607. The molecule has 0 unspecified atom stereocenters. The van der Waals surface area contributed by atoms with Crippen LogP contribution in [0.1, 0.15) is 36.5 Å². The lowest BCUT2D eigenvalue weighted by Gasteiger charge is -2.39. The van der Waals surface area contributed by atoms with Gasteiger partial charge in [0.25, 0.3) is 5.91 Å². The van der Waals surface area contributed by atoms with Crippen molar-refractivity contribution < 1.29 is 13.9 Å². The minimum absolute atomic E-state index is 0.220. The van der Waals surface area contributed by atoms with Gasteiger partial charge in [0.05, 0.1) is 17.1 Å². The third-order valence-electron chi connectivity index (χ3n) is 6.06. The van der Waals surface area contributed by atoms with Gasteiger partial charge in [-0.1, -0.05) is 42.5 Å². The largest absolute Gasteiger partial charge is 0.365 e. The van der Waals surface area contributed by atoms with E-state index < -0.39 is 0 Å². The number of fused-ring (bicyclic) bond motifs is 2. The van der Waals surface area contributed by atoms with Crippen molar-refractivity contribution in [2.24, 2.45) is 4.99 Å². The number of piperidine rings is 1. The van der Waals surface area contributed by atoms with Crippen molar-refractivity contribution in [2.75, 3.05) is 13.1 Å². The minimum Gasteiger partial charge on any atom is -0.365 e. The van der Waals surface area contributed by atoms with E-state index in [1.165, 1.54) is 29.0 Å². The summed E-state index contributed by atoms with van der Waals surface area (Å²) in [7, 11) is 0. The highest BCUT2D eigenvalue weighted by Crippen LogP contribution is 2.45. The van der Waals surface area contributed by atoms with Gasteiger partial charge in [0.15, 0.2) is 5.17 Å². The molecule has 0 saturated carbocycles. The van der Waals surface area contributed by atoms with Crippen LogP contribution >= 0.6 is 11.8 Å². The molecule has 29 heavy (non-hydrogen) atoms. The van der Waals surface area contributed by atoms with Gasteiger partial charge < -0.3 is 9.64 Å². The molecule has 1 saturated heterocycles. The topological polar surface area (TPSA) is 41.9 Å². The Bertz CT molecular complexity index is 1050. The van der Waals surface area contributed by atoms with E-state index in [1.54, 1.807) is 25.1 Å². The monoisotopic (exact) mass is 408 g/mol. The predicted octanol–water partition coefficient (Wildman–Crippen LogP) is 4.71. The van der Waals surface area contributed by atoms with Crippen LogP contribution in [0.5, 0.6) is 0 Å². The Hall–Kier alpha value is -2.44. The third kappa shape index (κ3) is 3.11. The van der Waals surface area contributed by atoms with Crippen molar-refractivity contribution in [1.29, 1.82) is 0 Å². The zero-order chi connectivity index (χ0) is 20.0. The van der Waals surface area contributed by atoms with Gasteiger partial charge in [-0.25, -0.2) is 4.39 Å². The van der Waals surface area contributed by atoms with Crippen LogP contribution in [0.25, 0.3) is 5.57 Å². The number of hydrogen-bond donors (Lipinski definition) is 0. The van der Waals surface area contributed by atoms with Crippen molar-refractivity contribution in [2.45, 2.75) is 32.0 Å². The molecule has 0 radical (unpaired) electrons. The summed E-state index contributed by atoms with van der Waals surface area (Å²) in [6.07, 6.45) is 1.73. The maximum atomic E-state index is 14.1. The average Bonchev–Trinajstić information content (AvgIpc) is 3.30. The van der Waals surface area contributed by atoms with Crippen molar-refractivity contribution in [3.8, 4) is 0 Å². The Labute approximate surface area is 173 Å². The third-order valence-corrected chi connectivity index (χ3v) is 7.27. The fourth-order valence-electron chi connectivity index (χ4n) is 4.41. The maximum Gasteiger partial charge on any atom is 0.286 e. The molecule has 2 aromatic carbocycles. The zero-order valence-corrected chi connectivity index (χ0v) is 17.0. The Kier molecular flexibility index (Phi) is 4.56. The highest BCUT2D eigenvalue weighted by Gasteiger charge is 2.43. The van der Waals surface area contributed by atoms with E-state index in [0.717, 1.165) is 25.9 Å². The number of thioether (sulfide) groups is 1. The smallest absolute Gasteiger partial charge is 0.286 e. The molecule has 0 N–H and O–H groups in total. The molecule has 3 aliphatic rings. The first kappa shape index (κ1) is 18.6. The van der Waals surface area contributed by atoms with E-state index >= 15 is 0 Å².